The Kier molecular flexibility index (Phi) is 6.35. The molecule has 0 radical (unpaired) electrons. The van der Waals surface area contributed by atoms with Crippen LogP contribution in [0.4, 0.5) is 8.78 Å². The summed E-state index contributed by atoms with van der Waals surface area (Å²) in [6.07, 6.45) is 6.42. The van der Waals surface area contributed by atoms with Gasteiger partial charge in [0.2, 0.25) is 0 Å². The summed E-state index contributed by atoms with van der Waals surface area (Å²) in [6.45, 7) is 5.78. The maximum atomic E-state index is 14.7. The Morgan fingerprint density at radius 1 is 1.06 bits per heavy atom. The summed E-state index contributed by atoms with van der Waals surface area (Å²) >= 11 is 0. The van der Waals surface area contributed by atoms with Crippen LogP contribution >= 0.6 is 0 Å². The van der Waals surface area contributed by atoms with Gasteiger partial charge in [-0.2, -0.15) is 5.10 Å². The number of pyridine rings is 1. The molecule has 3 aromatic rings. The van der Waals surface area contributed by atoms with Crippen LogP contribution in [0, 0.1) is 11.6 Å². The molecule has 1 fully saturated rings. The van der Waals surface area contributed by atoms with Crippen LogP contribution in [-0.4, -0.2) is 66.9 Å². The molecule has 0 spiro atoms. The fraction of sp³-hybridized carbons (Fsp3) is 0.409. The summed E-state index contributed by atoms with van der Waals surface area (Å²) < 4.78 is 29.7. The van der Waals surface area contributed by atoms with Gasteiger partial charge >= 0.3 is 0 Å². The van der Waals surface area contributed by atoms with Crippen LogP contribution in [0.25, 0.3) is 0 Å². The molecule has 164 valence electrons. The minimum atomic E-state index is -1.61. The smallest absolute Gasteiger partial charge is 0.137 e. The molecule has 2 aromatic heterocycles. The topological polar surface area (TPSA) is 70.3 Å². The van der Waals surface area contributed by atoms with Crippen LogP contribution in [0.1, 0.15) is 18.1 Å². The van der Waals surface area contributed by atoms with Crippen molar-refractivity contribution in [3.8, 4) is 0 Å². The van der Waals surface area contributed by atoms with Crippen LogP contribution in [-0.2, 0) is 18.7 Å². The second kappa shape index (κ2) is 9.17. The number of rotatable bonds is 7. The zero-order chi connectivity index (χ0) is 21.8. The zero-order valence-electron chi connectivity index (χ0n) is 17.4. The molecular formula is C22H26F2N6O. The van der Waals surface area contributed by atoms with Gasteiger partial charge in [-0.05, 0) is 30.7 Å². The Hall–Kier alpha value is -2.75. The summed E-state index contributed by atoms with van der Waals surface area (Å²) in [5.41, 5.74) is -0.359. The molecular weight excluding hydrogens is 402 g/mol. The number of nitrogens with zero attached hydrogens (tertiary/aromatic N) is 6. The molecule has 9 heteroatoms. The van der Waals surface area contributed by atoms with E-state index in [2.05, 4.69) is 24.9 Å². The third-order valence-electron chi connectivity index (χ3n) is 6.07. The maximum Gasteiger partial charge on any atom is 0.137 e. The molecule has 1 aliphatic heterocycles. The van der Waals surface area contributed by atoms with Crippen LogP contribution in [0.3, 0.4) is 0 Å². The van der Waals surface area contributed by atoms with E-state index in [4.69, 9.17) is 0 Å². The lowest BCUT2D eigenvalue weighted by Gasteiger charge is -2.45. The SMILES string of the molecule is C[C@@H](N1CCN(Cc2ccncc2)CC1)[C@](O)(Cn1cncn1)c1ccc(F)cc1F. The van der Waals surface area contributed by atoms with Crippen molar-refractivity contribution in [1.29, 1.82) is 0 Å². The fourth-order valence-electron chi connectivity index (χ4n) is 4.20. The van der Waals surface area contributed by atoms with Crippen molar-refractivity contribution >= 4 is 0 Å². The van der Waals surface area contributed by atoms with Gasteiger partial charge in [0, 0.05) is 62.8 Å². The summed E-state index contributed by atoms with van der Waals surface area (Å²) in [6, 6.07) is 6.87. The van der Waals surface area contributed by atoms with Crippen LogP contribution in [0.15, 0.2) is 55.4 Å². The van der Waals surface area contributed by atoms with Crippen molar-refractivity contribution in [1.82, 2.24) is 29.5 Å². The van der Waals surface area contributed by atoms with E-state index < -0.39 is 23.3 Å². The highest BCUT2D eigenvalue weighted by molar-refractivity contribution is 5.27. The summed E-state index contributed by atoms with van der Waals surface area (Å²) in [7, 11) is 0. The van der Waals surface area contributed by atoms with Crippen LogP contribution < -0.4 is 0 Å². The Bertz CT molecular complexity index is 979. The van der Waals surface area contributed by atoms with Gasteiger partial charge in [-0.1, -0.05) is 6.07 Å². The highest BCUT2D eigenvalue weighted by Gasteiger charge is 2.42. The van der Waals surface area contributed by atoms with E-state index in [1.54, 1.807) is 12.4 Å². The van der Waals surface area contributed by atoms with Crippen molar-refractivity contribution in [2.75, 3.05) is 26.2 Å². The molecule has 0 amide bonds. The lowest BCUT2D eigenvalue weighted by atomic mass is 9.85. The number of aliphatic hydroxyl groups is 1. The first-order valence-corrected chi connectivity index (χ1v) is 10.3. The van der Waals surface area contributed by atoms with Crippen LogP contribution in [0.2, 0.25) is 0 Å². The predicted molar refractivity (Wildman–Crippen MR) is 111 cm³/mol. The second-order valence-electron chi connectivity index (χ2n) is 7.99. The van der Waals surface area contributed by atoms with E-state index in [1.165, 1.54) is 35.0 Å². The van der Waals surface area contributed by atoms with Crippen molar-refractivity contribution < 1.29 is 13.9 Å². The third-order valence-corrected chi connectivity index (χ3v) is 6.07. The Morgan fingerprint density at radius 3 is 2.45 bits per heavy atom. The van der Waals surface area contributed by atoms with Gasteiger partial charge in [0.15, 0.2) is 0 Å². The number of aromatic nitrogens is 4. The normalized spacial score (nSPS) is 18.6. The molecule has 4 rings (SSSR count). The maximum absolute atomic E-state index is 14.7. The third kappa shape index (κ3) is 4.79. The Labute approximate surface area is 180 Å². The molecule has 1 saturated heterocycles. The number of benzene rings is 1. The molecule has 0 unspecified atom stereocenters. The quantitative estimate of drug-likeness (QED) is 0.621. The predicted octanol–water partition coefficient (Wildman–Crippen LogP) is 2.05. The molecule has 1 aromatic carbocycles. The van der Waals surface area contributed by atoms with Crippen molar-refractivity contribution in [3.05, 3.63) is 78.1 Å². The largest absolute Gasteiger partial charge is 0.381 e. The van der Waals surface area contributed by atoms with Crippen LogP contribution in [0.5, 0.6) is 0 Å². The molecule has 3 heterocycles. The van der Waals surface area contributed by atoms with Gasteiger partial charge in [0.1, 0.15) is 29.9 Å². The molecule has 0 bridgehead atoms. The minimum absolute atomic E-state index is 0.00789. The molecule has 31 heavy (non-hydrogen) atoms. The lowest BCUT2D eigenvalue weighted by Crippen LogP contribution is -2.57. The van der Waals surface area contributed by atoms with Gasteiger partial charge in [0.25, 0.3) is 0 Å². The number of hydrogen-bond acceptors (Lipinski definition) is 6. The average Bonchev–Trinajstić information content (AvgIpc) is 3.27. The Balaban J connectivity index is 1.51. The first kappa shape index (κ1) is 21.5. The lowest BCUT2D eigenvalue weighted by molar-refractivity contribution is -0.0743. The van der Waals surface area contributed by atoms with E-state index >= 15 is 0 Å². The summed E-state index contributed by atoms with van der Waals surface area (Å²) in [4.78, 5) is 12.5. The highest BCUT2D eigenvalue weighted by atomic mass is 19.1. The van der Waals surface area contributed by atoms with Gasteiger partial charge < -0.3 is 5.11 Å². The summed E-state index contributed by atoms with van der Waals surface area (Å²) in [5.74, 6) is -1.45. The molecule has 7 nitrogen and oxygen atoms in total. The average molecular weight is 428 g/mol. The monoisotopic (exact) mass is 428 g/mol. The zero-order valence-corrected chi connectivity index (χ0v) is 17.4. The van der Waals surface area contributed by atoms with Crippen molar-refractivity contribution in [2.24, 2.45) is 0 Å². The van der Waals surface area contributed by atoms with Gasteiger partial charge in [0.05, 0.1) is 6.54 Å². The number of hydrogen-bond donors (Lipinski definition) is 1. The van der Waals surface area contributed by atoms with E-state index in [1.807, 2.05) is 19.1 Å². The second-order valence-corrected chi connectivity index (χ2v) is 7.99. The molecule has 0 aliphatic carbocycles. The van der Waals surface area contributed by atoms with E-state index in [-0.39, 0.29) is 12.1 Å². The molecule has 1 aliphatic rings. The first-order valence-electron chi connectivity index (χ1n) is 10.3. The van der Waals surface area contributed by atoms with Gasteiger partial charge in [-0.3, -0.25) is 14.8 Å². The van der Waals surface area contributed by atoms with Crippen molar-refractivity contribution in [3.63, 3.8) is 0 Å². The molecule has 1 N–H and O–H groups in total. The number of halogens is 2. The standard InChI is InChI=1S/C22H26F2N6O/c1-17(29-10-8-28(9-11-29)13-18-4-6-25-7-5-18)22(31,14-30-16-26-15-27-30)20-3-2-19(23)12-21(20)24/h2-7,12,15-17,31H,8-11,13-14H2,1H3/t17-,22-/m1/s1. The fourth-order valence-corrected chi connectivity index (χ4v) is 4.20. The molecule has 2 atom stereocenters. The van der Waals surface area contributed by atoms with E-state index in [0.717, 1.165) is 25.7 Å². The first-order chi connectivity index (χ1) is 15.0. The Morgan fingerprint density at radius 2 is 1.81 bits per heavy atom. The highest BCUT2D eigenvalue weighted by Crippen LogP contribution is 2.33. The van der Waals surface area contributed by atoms with Gasteiger partial charge in [-0.15, -0.1) is 0 Å². The van der Waals surface area contributed by atoms with E-state index in [9.17, 15) is 13.9 Å². The summed E-state index contributed by atoms with van der Waals surface area (Å²) in [5, 5.41) is 15.8. The number of piperazine rings is 1. The van der Waals surface area contributed by atoms with Gasteiger partial charge in [-0.25, -0.2) is 18.4 Å². The minimum Gasteiger partial charge on any atom is -0.381 e. The molecule has 0 saturated carbocycles. The van der Waals surface area contributed by atoms with Crippen molar-refractivity contribution in [2.45, 2.75) is 31.7 Å². The van der Waals surface area contributed by atoms with E-state index in [0.29, 0.717) is 13.1 Å².